The zero-order valence-electron chi connectivity index (χ0n) is 18.1. The molecule has 0 aromatic carbocycles. The Kier molecular flexibility index (Phi) is 7.27. The van der Waals surface area contributed by atoms with Gasteiger partial charge >= 0.3 is 6.18 Å². The normalized spacial score (nSPS) is 45.3. The van der Waals surface area contributed by atoms with E-state index in [0.29, 0.717) is 23.7 Å². The van der Waals surface area contributed by atoms with Crippen molar-refractivity contribution in [3.05, 3.63) is 0 Å². The van der Waals surface area contributed by atoms with Crippen LogP contribution in [-0.4, -0.2) is 42.8 Å². The van der Waals surface area contributed by atoms with Crippen LogP contribution in [0.4, 0.5) is 13.2 Å². The highest BCUT2D eigenvalue weighted by atomic mass is 19.4. The lowest BCUT2D eigenvalue weighted by molar-refractivity contribution is -0.211. The first-order chi connectivity index (χ1) is 13.6. The van der Waals surface area contributed by atoms with Crippen molar-refractivity contribution >= 4 is 0 Å². The summed E-state index contributed by atoms with van der Waals surface area (Å²) in [6.07, 6.45) is 2.50. The number of aliphatic hydroxyl groups excluding tert-OH is 2. The highest BCUT2D eigenvalue weighted by Gasteiger charge is 2.57. The third kappa shape index (κ3) is 4.64. The van der Waals surface area contributed by atoms with Gasteiger partial charge < -0.3 is 14.9 Å². The number of rotatable bonds is 2. The Balaban J connectivity index is 0.000000755. The Morgan fingerprint density at radius 2 is 1.62 bits per heavy atom. The smallest absolute Gasteiger partial charge is 0.393 e. The van der Waals surface area contributed by atoms with E-state index < -0.39 is 12.3 Å². The highest BCUT2D eigenvalue weighted by molar-refractivity contribution is 5.06. The summed E-state index contributed by atoms with van der Waals surface area (Å²) in [6.45, 7) is 2.21. The molecule has 0 aromatic heterocycles. The fourth-order valence-electron chi connectivity index (χ4n) is 7.73. The van der Waals surface area contributed by atoms with Gasteiger partial charge in [-0.2, -0.15) is 13.2 Å². The van der Waals surface area contributed by atoms with E-state index in [2.05, 4.69) is 11.7 Å². The molecule has 0 heterocycles. The second kappa shape index (κ2) is 9.04. The maximum Gasteiger partial charge on any atom is 0.414 e. The van der Waals surface area contributed by atoms with Gasteiger partial charge in [0.1, 0.15) is 6.10 Å². The first kappa shape index (κ1) is 23.3. The molecule has 4 rings (SSSR count). The molecule has 0 aromatic rings. The van der Waals surface area contributed by atoms with E-state index in [4.69, 9.17) is 0 Å². The Labute approximate surface area is 173 Å². The molecule has 0 bridgehead atoms. The predicted octanol–water partition coefficient (Wildman–Crippen LogP) is 5.19. The van der Waals surface area contributed by atoms with Gasteiger partial charge in [-0.3, -0.25) is 0 Å². The van der Waals surface area contributed by atoms with Gasteiger partial charge in [0.15, 0.2) is 0 Å². The van der Waals surface area contributed by atoms with Crippen LogP contribution in [0.1, 0.15) is 71.1 Å². The second-order valence-corrected chi connectivity index (χ2v) is 10.4. The summed E-state index contributed by atoms with van der Waals surface area (Å²) < 4.78 is 42.9. The largest absolute Gasteiger partial charge is 0.414 e. The molecule has 0 amide bonds. The molecule has 0 saturated heterocycles. The van der Waals surface area contributed by atoms with Crippen LogP contribution in [0.3, 0.4) is 0 Å². The summed E-state index contributed by atoms with van der Waals surface area (Å²) in [5.74, 6) is 3.27. The van der Waals surface area contributed by atoms with Crippen LogP contribution in [0, 0.1) is 40.9 Å². The minimum atomic E-state index is -4.49. The van der Waals surface area contributed by atoms with Crippen molar-refractivity contribution in [3.63, 3.8) is 0 Å². The van der Waals surface area contributed by atoms with E-state index in [1.54, 1.807) is 14.2 Å². The van der Waals surface area contributed by atoms with Gasteiger partial charge in [0.2, 0.25) is 0 Å². The van der Waals surface area contributed by atoms with Crippen molar-refractivity contribution in [2.45, 2.75) is 89.5 Å². The average molecular weight is 421 g/mol. The molecule has 0 spiro atoms. The quantitative estimate of drug-likeness (QED) is 0.646. The predicted molar refractivity (Wildman–Crippen MR) is 106 cm³/mol. The van der Waals surface area contributed by atoms with E-state index in [-0.39, 0.29) is 23.9 Å². The Hall–Kier alpha value is -0.330. The lowest BCUT2D eigenvalue weighted by Gasteiger charge is -2.56. The van der Waals surface area contributed by atoms with E-state index in [0.717, 1.165) is 50.9 Å². The number of aliphatic hydroxyl groups is 2. The van der Waals surface area contributed by atoms with E-state index in [9.17, 15) is 23.4 Å². The molecule has 4 fully saturated rings. The minimum absolute atomic E-state index is 0.00373. The van der Waals surface area contributed by atoms with E-state index in [1.165, 1.54) is 12.8 Å². The Bertz CT molecular complexity index is 540. The SMILES string of the molecule is CC12CCC3C4CCC(O)CC4CCC3C1CCC2CC(O)C(F)(F)F.COC. The number of hydrogen-bond donors (Lipinski definition) is 2. The Morgan fingerprint density at radius 3 is 2.28 bits per heavy atom. The molecule has 170 valence electrons. The average Bonchev–Trinajstić information content (AvgIpc) is 2.97. The Morgan fingerprint density at radius 1 is 0.966 bits per heavy atom. The fraction of sp³-hybridized carbons (Fsp3) is 1.00. The number of halogens is 3. The van der Waals surface area contributed by atoms with Crippen LogP contribution in [0.2, 0.25) is 0 Å². The summed E-state index contributed by atoms with van der Waals surface area (Å²) in [6, 6.07) is 0. The number of alkyl halides is 3. The van der Waals surface area contributed by atoms with Crippen molar-refractivity contribution in [1.29, 1.82) is 0 Å². The van der Waals surface area contributed by atoms with Crippen molar-refractivity contribution in [3.8, 4) is 0 Å². The minimum Gasteiger partial charge on any atom is -0.393 e. The molecule has 3 nitrogen and oxygen atoms in total. The molecule has 29 heavy (non-hydrogen) atoms. The summed E-state index contributed by atoms with van der Waals surface area (Å²) in [7, 11) is 3.25. The van der Waals surface area contributed by atoms with E-state index in [1.807, 2.05) is 0 Å². The molecule has 6 heteroatoms. The first-order valence-electron chi connectivity index (χ1n) is 11.4. The summed E-state index contributed by atoms with van der Waals surface area (Å²) in [5.41, 5.74) is -0.0333. The van der Waals surface area contributed by atoms with Gasteiger partial charge in [0.25, 0.3) is 0 Å². The van der Waals surface area contributed by atoms with Gasteiger partial charge in [-0.1, -0.05) is 6.92 Å². The lowest BCUT2D eigenvalue weighted by Crippen LogP contribution is -2.49. The van der Waals surface area contributed by atoms with Crippen LogP contribution in [-0.2, 0) is 4.74 Å². The van der Waals surface area contributed by atoms with Crippen LogP contribution in [0.5, 0.6) is 0 Å². The van der Waals surface area contributed by atoms with Crippen molar-refractivity contribution in [1.82, 2.24) is 0 Å². The number of fused-ring (bicyclic) bond motifs is 5. The highest BCUT2D eigenvalue weighted by Crippen LogP contribution is 2.65. The van der Waals surface area contributed by atoms with Gasteiger partial charge in [-0.15, -0.1) is 0 Å². The van der Waals surface area contributed by atoms with Gasteiger partial charge in [0, 0.05) is 14.2 Å². The van der Waals surface area contributed by atoms with Crippen LogP contribution in [0.15, 0.2) is 0 Å². The molecule has 4 saturated carbocycles. The second-order valence-electron chi connectivity index (χ2n) is 10.4. The molecule has 0 aliphatic heterocycles. The lowest BCUT2D eigenvalue weighted by atomic mass is 9.49. The maximum atomic E-state index is 12.9. The molecule has 0 radical (unpaired) electrons. The number of methoxy groups -OCH3 is 1. The monoisotopic (exact) mass is 420 g/mol. The van der Waals surface area contributed by atoms with Gasteiger partial charge in [-0.25, -0.2) is 0 Å². The van der Waals surface area contributed by atoms with Crippen molar-refractivity contribution in [2.75, 3.05) is 14.2 Å². The maximum absolute atomic E-state index is 12.9. The van der Waals surface area contributed by atoms with Crippen LogP contribution >= 0.6 is 0 Å². The van der Waals surface area contributed by atoms with Crippen LogP contribution in [0.25, 0.3) is 0 Å². The van der Waals surface area contributed by atoms with Crippen LogP contribution < -0.4 is 0 Å². The fourth-order valence-corrected chi connectivity index (χ4v) is 7.73. The third-order valence-corrected chi connectivity index (χ3v) is 9.01. The standard InChI is InChI=1S/C21H33F3O2.C2H6O/c1-20-9-8-16-15-6-4-14(25)10-12(15)2-5-17(16)18(20)7-3-13(20)11-19(26)21(22,23)24;1-3-2/h12-19,25-26H,2-11H2,1H3;1-2H3. The van der Waals surface area contributed by atoms with Gasteiger partial charge in [-0.05, 0) is 105 Å². The van der Waals surface area contributed by atoms with Crippen molar-refractivity contribution in [2.24, 2.45) is 40.9 Å². The zero-order valence-corrected chi connectivity index (χ0v) is 18.1. The summed E-state index contributed by atoms with van der Waals surface area (Å²) in [4.78, 5) is 0. The molecule has 4 aliphatic carbocycles. The third-order valence-electron chi connectivity index (χ3n) is 9.01. The molecule has 9 unspecified atom stereocenters. The van der Waals surface area contributed by atoms with Gasteiger partial charge in [0.05, 0.1) is 6.10 Å². The van der Waals surface area contributed by atoms with Crippen molar-refractivity contribution < 1.29 is 28.1 Å². The first-order valence-corrected chi connectivity index (χ1v) is 11.4. The number of hydrogen-bond acceptors (Lipinski definition) is 3. The summed E-state index contributed by atoms with van der Waals surface area (Å²) in [5, 5.41) is 19.6. The molecule has 9 atom stereocenters. The molecule has 2 N–H and O–H groups in total. The molecular formula is C23H39F3O3. The topological polar surface area (TPSA) is 49.7 Å². The molecule has 4 aliphatic rings. The zero-order chi connectivity index (χ0) is 21.4. The van der Waals surface area contributed by atoms with E-state index >= 15 is 0 Å². The number of ether oxygens (including phenoxy) is 1. The summed E-state index contributed by atoms with van der Waals surface area (Å²) >= 11 is 0. The molecular weight excluding hydrogens is 381 g/mol.